The van der Waals surface area contributed by atoms with E-state index in [9.17, 15) is 14.9 Å². The maximum Gasteiger partial charge on any atom is 0.296 e. The van der Waals surface area contributed by atoms with Gasteiger partial charge in [0.1, 0.15) is 17.2 Å². The van der Waals surface area contributed by atoms with Gasteiger partial charge in [-0.3, -0.25) is 14.9 Å². The van der Waals surface area contributed by atoms with Crippen LogP contribution in [0.4, 0.5) is 11.4 Å². The number of anilines is 1. The van der Waals surface area contributed by atoms with Gasteiger partial charge >= 0.3 is 0 Å². The molecular formula is C17H17ClN2O5. The zero-order valence-corrected chi connectivity index (χ0v) is 14.5. The number of carbonyl (C=O) groups is 1. The number of nitrogens with one attached hydrogen (secondary N) is 1. The number of nitrogens with zero attached hydrogens (tertiary/aromatic N) is 1. The molecule has 8 heteroatoms. The quantitative estimate of drug-likeness (QED) is 0.593. The molecule has 2 aromatic rings. The molecule has 0 unspecified atom stereocenters. The number of benzene rings is 2. The number of rotatable bonds is 7. The van der Waals surface area contributed by atoms with Crippen LogP contribution in [-0.2, 0) is 4.79 Å². The van der Waals surface area contributed by atoms with E-state index >= 15 is 0 Å². The van der Waals surface area contributed by atoms with Crippen LogP contribution < -0.4 is 14.8 Å². The molecule has 0 saturated carbocycles. The summed E-state index contributed by atoms with van der Waals surface area (Å²) in [7, 11) is 0. The Kier molecular flexibility index (Phi) is 6.19. The molecule has 0 bridgehead atoms. The Balaban J connectivity index is 2.07. The maximum absolute atomic E-state index is 12.0. The van der Waals surface area contributed by atoms with Crippen LogP contribution in [-0.4, -0.2) is 24.0 Å². The van der Waals surface area contributed by atoms with Gasteiger partial charge in [-0.05, 0) is 43.7 Å². The van der Waals surface area contributed by atoms with Crippen LogP contribution in [0.3, 0.4) is 0 Å². The summed E-state index contributed by atoms with van der Waals surface area (Å²) in [6.07, 6.45) is 0. The third-order valence-electron chi connectivity index (χ3n) is 3.20. The van der Waals surface area contributed by atoms with E-state index in [1.165, 1.54) is 12.1 Å². The molecule has 25 heavy (non-hydrogen) atoms. The van der Waals surface area contributed by atoms with Gasteiger partial charge in [-0.2, -0.15) is 0 Å². The number of ether oxygens (including phenoxy) is 2. The highest BCUT2D eigenvalue weighted by Crippen LogP contribution is 2.29. The third-order valence-corrected chi connectivity index (χ3v) is 3.51. The fourth-order valence-electron chi connectivity index (χ4n) is 2.08. The Morgan fingerprint density at radius 3 is 2.68 bits per heavy atom. The van der Waals surface area contributed by atoms with E-state index in [1.54, 1.807) is 25.1 Å². The molecule has 0 aliphatic heterocycles. The van der Waals surface area contributed by atoms with Gasteiger partial charge in [0, 0.05) is 0 Å². The monoisotopic (exact) mass is 364 g/mol. The van der Waals surface area contributed by atoms with Crippen molar-refractivity contribution in [2.75, 3.05) is 18.5 Å². The SMILES string of the molecule is CCOc1ccc(NC(=O)COc2cc(C)ccc2Cl)c([N+](=O)[O-])c1. The minimum Gasteiger partial charge on any atom is -0.494 e. The second-order valence-electron chi connectivity index (χ2n) is 5.14. The van der Waals surface area contributed by atoms with Crippen molar-refractivity contribution in [2.24, 2.45) is 0 Å². The molecule has 0 aliphatic carbocycles. The molecule has 0 fully saturated rings. The van der Waals surface area contributed by atoms with Crippen molar-refractivity contribution in [3.63, 3.8) is 0 Å². The number of nitro benzene ring substituents is 1. The summed E-state index contributed by atoms with van der Waals surface area (Å²) >= 11 is 5.99. The van der Waals surface area contributed by atoms with Crippen molar-refractivity contribution in [1.82, 2.24) is 0 Å². The molecule has 0 heterocycles. The van der Waals surface area contributed by atoms with Crippen molar-refractivity contribution < 1.29 is 19.2 Å². The summed E-state index contributed by atoms with van der Waals surface area (Å²) in [6.45, 7) is 3.70. The summed E-state index contributed by atoms with van der Waals surface area (Å²) in [4.78, 5) is 22.6. The van der Waals surface area contributed by atoms with E-state index < -0.39 is 10.8 Å². The fourth-order valence-corrected chi connectivity index (χ4v) is 2.25. The van der Waals surface area contributed by atoms with Gasteiger partial charge in [0.05, 0.1) is 22.6 Å². The highest BCUT2D eigenvalue weighted by atomic mass is 35.5. The Morgan fingerprint density at radius 2 is 2.00 bits per heavy atom. The number of halogens is 1. The molecule has 0 spiro atoms. The molecule has 7 nitrogen and oxygen atoms in total. The predicted octanol–water partition coefficient (Wildman–Crippen LogP) is 3.97. The van der Waals surface area contributed by atoms with E-state index in [0.717, 1.165) is 5.56 Å². The number of hydrogen-bond acceptors (Lipinski definition) is 5. The zero-order chi connectivity index (χ0) is 18.4. The van der Waals surface area contributed by atoms with E-state index in [4.69, 9.17) is 21.1 Å². The average Bonchev–Trinajstić information content (AvgIpc) is 2.57. The molecule has 1 amide bonds. The molecular weight excluding hydrogens is 348 g/mol. The van der Waals surface area contributed by atoms with Gasteiger partial charge in [0.2, 0.25) is 0 Å². The Hall–Kier alpha value is -2.80. The highest BCUT2D eigenvalue weighted by molar-refractivity contribution is 6.32. The van der Waals surface area contributed by atoms with Crippen LogP contribution in [0.5, 0.6) is 11.5 Å². The van der Waals surface area contributed by atoms with E-state index in [1.807, 2.05) is 13.0 Å². The lowest BCUT2D eigenvalue weighted by molar-refractivity contribution is -0.384. The predicted molar refractivity (Wildman–Crippen MR) is 94.6 cm³/mol. The second kappa shape index (κ2) is 8.34. The first-order valence-electron chi connectivity index (χ1n) is 7.50. The normalized spacial score (nSPS) is 10.2. The van der Waals surface area contributed by atoms with Gasteiger partial charge in [-0.15, -0.1) is 0 Å². The molecule has 0 aromatic heterocycles. The van der Waals surface area contributed by atoms with Crippen molar-refractivity contribution in [3.05, 3.63) is 57.1 Å². The lowest BCUT2D eigenvalue weighted by Crippen LogP contribution is -2.20. The summed E-state index contributed by atoms with van der Waals surface area (Å²) in [5, 5.41) is 14.0. The minimum absolute atomic E-state index is 0.0670. The van der Waals surface area contributed by atoms with Gasteiger partial charge in [0.15, 0.2) is 6.61 Å². The Morgan fingerprint density at radius 1 is 1.24 bits per heavy atom. The standard InChI is InChI=1S/C17H17ClN2O5/c1-3-24-12-5-7-14(15(9-12)20(22)23)19-17(21)10-25-16-8-11(2)4-6-13(16)18/h4-9H,3,10H2,1-2H3,(H,19,21). The van der Waals surface area contributed by atoms with E-state index in [2.05, 4.69) is 5.32 Å². The summed E-state index contributed by atoms with van der Waals surface area (Å²) in [6, 6.07) is 9.41. The Bertz CT molecular complexity index is 795. The number of amides is 1. The van der Waals surface area contributed by atoms with E-state index in [0.29, 0.717) is 23.1 Å². The minimum atomic E-state index is -0.587. The summed E-state index contributed by atoms with van der Waals surface area (Å²) in [5.74, 6) is 0.192. The lowest BCUT2D eigenvalue weighted by atomic mass is 10.2. The third kappa shape index (κ3) is 5.09. The highest BCUT2D eigenvalue weighted by Gasteiger charge is 2.18. The molecule has 2 rings (SSSR count). The first-order chi connectivity index (χ1) is 11.9. The van der Waals surface area contributed by atoms with Gasteiger partial charge in [-0.1, -0.05) is 17.7 Å². The van der Waals surface area contributed by atoms with Crippen molar-refractivity contribution in [1.29, 1.82) is 0 Å². The second-order valence-corrected chi connectivity index (χ2v) is 5.55. The van der Waals surface area contributed by atoms with Gasteiger partial charge in [-0.25, -0.2) is 0 Å². The molecule has 132 valence electrons. The zero-order valence-electron chi connectivity index (χ0n) is 13.7. The number of hydrogen-bond donors (Lipinski definition) is 1. The largest absolute Gasteiger partial charge is 0.494 e. The van der Waals surface area contributed by atoms with Crippen molar-refractivity contribution in [2.45, 2.75) is 13.8 Å². The molecule has 0 saturated heterocycles. The summed E-state index contributed by atoms with van der Waals surface area (Å²) in [5.41, 5.74) is 0.743. The molecule has 0 radical (unpaired) electrons. The van der Waals surface area contributed by atoms with Crippen LogP contribution in [0.25, 0.3) is 0 Å². The molecule has 1 N–H and O–H groups in total. The van der Waals surface area contributed by atoms with Crippen LogP contribution in [0.15, 0.2) is 36.4 Å². The fraction of sp³-hybridized carbons (Fsp3) is 0.235. The first-order valence-corrected chi connectivity index (χ1v) is 7.88. The number of carbonyl (C=O) groups excluding carboxylic acids is 1. The molecule has 2 aromatic carbocycles. The van der Waals surface area contributed by atoms with Crippen LogP contribution >= 0.6 is 11.6 Å². The van der Waals surface area contributed by atoms with Gasteiger partial charge < -0.3 is 14.8 Å². The van der Waals surface area contributed by atoms with Gasteiger partial charge in [0.25, 0.3) is 11.6 Å². The lowest BCUT2D eigenvalue weighted by Gasteiger charge is -2.10. The average molecular weight is 365 g/mol. The van der Waals surface area contributed by atoms with Crippen molar-refractivity contribution in [3.8, 4) is 11.5 Å². The topological polar surface area (TPSA) is 90.7 Å². The molecule has 0 aliphatic rings. The Labute approximate surface area is 149 Å². The van der Waals surface area contributed by atoms with Crippen LogP contribution in [0.2, 0.25) is 5.02 Å². The molecule has 0 atom stereocenters. The first kappa shape index (κ1) is 18.5. The van der Waals surface area contributed by atoms with Crippen LogP contribution in [0.1, 0.15) is 12.5 Å². The van der Waals surface area contributed by atoms with Crippen LogP contribution in [0, 0.1) is 17.0 Å². The summed E-state index contributed by atoms with van der Waals surface area (Å²) < 4.78 is 10.6. The smallest absolute Gasteiger partial charge is 0.296 e. The maximum atomic E-state index is 12.0. The number of nitro groups is 1. The van der Waals surface area contributed by atoms with E-state index in [-0.39, 0.29) is 18.0 Å². The van der Waals surface area contributed by atoms with Crippen molar-refractivity contribution >= 4 is 28.9 Å². The number of aryl methyl sites for hydroxylation is 1.